The molecule has 0 aliphatic rings. The Morgan fingerprint density at radius 3 is 2.53 bits per heavy atom. The third-order valence-corrected chi connectivity index (χ3v) is 2.55. The molecule has 3 heteroatoms. The lowest BCUT2D eigenvalue weighted by Gasteiger charge is -2.06. The van der Waals surface area contributed by atoms with Crippen LogP contribution in [0.15, 0.2) is 36.4 Å². The molecular weight excluding hydrogens is 220 g/mol. The summed E-state index contributed by atoms with van der Waals surface area (Å²) in [6.07, 6.45) is 0. The van der Waals surface area contributed by atoms with Gasteiger partial charge in [0.1, 0.15) is 11.6 Å². The van der Waals surface area contributed by atoms with Crippen molar-refractivity contribution >= 4 is 0 Å². The maximum absolute atomic E-state index is 13.5. The smallest absolute Gasteiger partial charge is 0.126 e. The molecule has 84 valence electrons. The molecule has 0 amide bonds. The lowest BCUT2D eigenvalue weighted by atomic mass is 9.98. The minimum absolute atomic E-state index is 0.342. The first-order valence-corrected chi connectivity index (χ1v) is 5.08. The molecule has 0 aromatic heterocycles. The molecule has 0 radical (unpaired) electrons. The van der Waals surface area contributed by atoms with Crippen LogP contribution in [-0.4, -0.2) is 0 Å². The van der Waals surface area contributed by atoms with E-state index in [4.69, 9.17) is 5.26 Å². The summed E-state index contributed by atoms with van der Waals surface area (Å²) in [4.78, 5) is 0. The molecule has 1 nitrogen and oxygen atoms in total. The maximum Gasteiger partial charge on any atom is 0.126 e. The second-order valence-electron chi connectivity index (χ2n) is 3.77. The van der Waals surface area contributed by atoms with Crippen LogP contribution < -0.4 is 0 Å². The molecule has 0 N–H and O–H groups in total. The summed E-state index contributed by atoms with van der Waals surface area (Å²) in [6, 6.07) is 10.5. The Morgan fingerprint density at radius 1 is 1.12 bits per heavy atom. The van der Waals surface area contributed by atoms with Gasteiger partial charge < -0.3 is 0 Å². The Hall–Kier alpha value is -2.21. The first kappa shape index (κ1) is 11.3. The van der Waals surface area contributed by atoms with E-state index in [0.717, 1.165) is 0 Å². The Kier molecular flexibility index (Phi) is 2.88. The largest absolute Gasteiger partial charge is 0.207 e. The molecule has 0 saturated heterocycles. The van der Waals surface area contributed by atoms with E-state index in [1.807, 2.05) is 6.07 Å². The van der Waals surface area contributed by atoms with Gasteiger partial charge in [-0.05, 0) is 42.3 Å². The van der Waals surface area contributed by atoms with E-state index in [0.29, 0.717) is 22.3 Å². The molecular formula is C14H9F2N. The maximum atomic E-state index is 13.5. The molecule has 2 aromatic rings. The van der Waals surface area contributed by atoms with Crippen molar-refractivity contribution < 1.29 is 8.78 Å². The van der Waals surface area contributed by atoms with Crippen molar-refractivity contribution in [1.29, 1.82) is 5.26 Å². The molecule has 0 aliphatic heterocycles. The molecule has 2 rings (SSSR count). The van der Waals surface area contributed by atoms with Crippen LogP contribution in [0.3, 0.4) is 0 Å². The van der Waals surface area contributed by atoms with Gasteiger partial charge in [0, 0.05) is 5.56 Å². The van der Waals surface area contributed by atoms with Crippen LogP contribution in [0.1, 0.15) is 11.1 Å². The van der Waals surface area contributed by atoms with Crippen molar-refractivity contribution in [3.05, 3.63) is 59.2 Å². The Morgan fingerprint density at radius 2 is 1.88 bits per heavy atom. The standard InChI is InChI=1S/C14H9F2N/c1-9-5-11(8-17)13(7-14(9)16)10-3-2-4-12(15)6-10/h2-7H,1H3. The fourth-order valence-corrected chi connectivity index (χ4v) is 1.67. The number of nitriles is 1. The van der Waals surface area contributed by atoms with Gasteiger partial charge in [0.05, 0.1) is 11.6 Å². The predicted molar refractivity (Wildman–Crippen MR) is 61.2 cm³/mol. The molecule has 0 bridgehead atoms. The second kappa shape index (κ2) is 4.34. The summed E-state index contributed by atoms with van der Waals surface area (Å²) in [5.74, 6) is -0.810. The van der Waals surface area contributed by atoms with Gasteiger partial charge in [0.25, 0.3) is 0 Å². The summed E-state index contributed by atoms with van der Waals surface area (Å²) in [5.41, 5.74) is 1.66. The third kappa shape index (κ3) is 2.16. The zero-order valence-corrected chi connectivity index (χ0v) is 9.17. The van der Waals surface area contributed by atoms with Crippen LogP contribution in [0.4, 0.5) is 8.78 Å². The fraction of sp³-hybridized carbons (Fsp3) is 0.0714. The van der Waals surface area contributed by atoms with Crippen molar-refractivity contribution in [1.82, 2.24) is 0 Å². The Bertz CT molecular complexity index is 612. The topological polar surface area (TPSA) is 23.8 Å². The molecule has 0 fully saturated rings. The van der Waals surface area contributed by atoms with Gasteiger partial charge in [-0.25, -0.2) is 8.78 Å². The zero-order chi connectivity index (χ0) is 12.4. The van der Waals surface area contributed by atoms with E-state index in [1.54, 1.807) is 13.0 Å². The van der Waals surface area contributed by atoms with Gasteiger partial charge in [-0.2, -0.15) is 5.26 Å². The van der Waals surface area contributed by atoms with Crippen molar-refractivity contribution in [2.45, 2.75) is 6.92 Å². The fourth-order valence-electron chi connectivity index (χ4n) is 1.67. The van der Waals surface area contributed by atoms with Crippen LogP contribution in [0.25, 0.3) is 11.1 Å². The average molecular weight is 229 g/mol. The quantitative estimate of drug-likeness (QED) is 0.729. The second-order valence-corrected chi connectivity index (χ2v) is 3.77. The number of hydrogen-bond donors (Lipinski definition) is 0. The highest BCUT2D eigenvalue weighted by Gasteiger charge is 2.09. The predicted octanol–water partition coefficient (Wildman–Crippen LogP) is 3.81. The van der Waals surface area contributed by atoms with Crippen LogP contribution in [0, 0.1) is 29.9 Å². The van der Waals surface area contributed by atoms with Crippen LogP contribution in [-0.2, 0) is 0 Å². The Labute approximate surface area is 97.9 Å². The van der Waals surface area contributed by atoms with Gasteiger partial charge in [-0.15, -0.1) is 0 Å². The highest BCUT2D eigenvalue weighted by Crippen LogP contribution is 2.26. The minimum atomic E-state index is -0.410. The van der Waals surface area contributed by atoms with Gasteiger partial charge in [0.2, 0.25) is 0 Å². The van der Waals surface area contributed by atoms with Crippen molar-refractivity contribution in [3.63, 3.8) is 0 Å². The summed E-state index contributed by atoms with van der Waals surface area (Å²) in [7, 11) is 0. The van der Waals surface area contributed by atoms with Crippen LogP contribution >= 0.6 is 0 Å². The number of aryl methyl sites for hydroxylation is 1. The lowest BCUT2D eigenvalue weighted by molar-refractivity contribution is 0.618. The molecule has 0 atom stereocenters. The normalized spacial score (nSPS) is 10.0. The Balaban J connectivity index is 2.67. The van der Waals surface area contributed by atoms with Crippen molar-refractivity contribution in [2.75, 3.05) is 0 Å². The summed E-state index contributed by atoms with van der Waals surface area (Å²) in [6.45, 7) is 1.59. The van der Waals surface area contributed by atoms with Gasteiger partial charge in [-0.1, -0.05) is 12.1 Å². The van der Waals surface area contributed by atoms with Crippen molar-refractivity contribution in [2.24, 2.45) is 0 Å². The van der Waals surface area contributed by atoms with E-state index in [2.05, 4.69) is 0 Å². The number of nitrogens with zero attached hydrogens (tertiary/aromatic N) is 1. The third-order valence-electron chi connectivity index (χ3n) is 2.55. The van der Waals surface area contributed by atoms with E-state index in [9.17, 15) is 8.78 Å². The highest BCUT2D eigenvalue weighted by molar-refractivity contribution is 5.71. The van der Waals surface area contributed by atoms with E-state index < -0.39 is 11.6 Å². The van der Waals surface area contributed by atoms with Crippen molar-refractivity contribution in [3.8, 4) is 17.2 Å². The van der Waals surface area contributed by atoms with Gasteiger partial charge in [0.15, 0.2) is 0 Å². The van der Waals surface area contributed by atoms with E-state index in [-0.39, 0.29) is 0 Å². The molecule has 0 heterocycles. The van der Waals surface area contributed by atoms with Crippen LogP contribution in [0.2, 0.25) is 0 Å². The monoisotopic (exact) mass is 229 g/mol. The number of hydrogen-bond acceptors (Lipinski definition) is 1. The number of benzene rings is 2. The molecule has 0 unspecified atom stereocenters. The van der Waals surface area contributed by atoms with Gasteiger partial charge in [-0.3, -0.25) is 0 Å². The minimum Gasteiger partial charge on any atom is -0.207 e. The summed E-state index contributed by atoms with van der Waals surface area (Å²) >= 11 is 0. The van der Waals surface area contributed by atoms with E-state index >= 15 is 0 Å². The SMILES string of the molecule is Cc1cc(C#N)c(-c2cccc(F)c2)cc1F. The van der Waals surface area contributed by atoms with E-state index in [1.165, 1.54) is 30.3 Å². The molecule has 0 saturated carbocycles. The zero-order valence-electron chi connectivity index (χ0n) is 9.17. The van der Waals surface area contributed by atoms with Gasteiger partial charge >= 0.3 is 0 Å². The van der Waals surface area contributed by atoms with Crippen LogP contribution in [0.5, 0.6) is 0 Å². The lowest BCUT2D eigenvalue weighted by Crippen LogP contribution is -1.91. The first-order valence-electron chi connectivity index (χ1n) is 5.08. The molecule has 2 aromatic carbocycles. The average Bonchev–Trinajstić information content (AvgIpc) is 2.32. The molecule has 17 heavy (non-hydrogen) atoms. The first-order chi connectivity index (χ1) is 8.11. The highest BCUT2D eigenvalue weighted by atomic mass is 19.1. The molecule has 0 aliphatic carbocycles. The number of rotatable bonds is 1. The summed E-state index contributed by atoms with van der Waals surface area (Å²) < 4.78 is 26.6. The molecule has 0 spiro atoms. The number of halogens is 2. The summed E-state index contributed by atoms with van der Waals surface area (Å²) in [5, 5.41) is 9.00.